The topological polar surface area (TPSA) is 46.6 Å². The van der Waals surface area contributed by atoms with Crippen LogP contribution in [0.25, 0.3) is 0 Å². The van der Waals surface area contributed by atoms with E-state index in [4.69, 9.17) is 0 Å². The molecule has 0 atom stereocenters. The van der Waals surface area contributed by atoms with Gasteiger partial charge in [-0.2, -0.15) is 0 Å². The average molecular weight is 378 g/mol. The number of hydrogen-bond acceptors (Lipinski definition) is 1. The summed E-state index contributed by atoms with van der Waals surface area (Å²) < 4.78 is 0. The highest BCUT2D eigenvalue weighted by Crippen LogP contribution is 2.28. The van der Waals surface area contributed by atoms with Gasteiger partial charge in [0, 0.05) is 18.4 Å². The molecule has 0 saturated carbocycles. The van der Waals surface area contributed by atoms with Gasteiger partial charge in [-0.15, -0.1) is 0 Å². The summed E-state index contributed by atoms with van der Waals surface area (Å²) in [5.74, 6) is 0. The summed E-state index contributed by atoms with van der Waals surface area (Å²) in [6.45, 7) is 10.6. The summed E-state index contributed by atoms with van der Waals surface area (Å²) in [6, 6.07) is 9.12. The maximum atomic E-state index is 2.66. The molecule has 0 aliphatic heterocycles. The molecular weight excluding hydrogens is 330 g/mol. The van der Waals surface area contributed by atoms with E-state index in [9.17, 15) is 0 Å². The second kappa shape index (κ2) is 16.1. The van der Waals surface area contributed by atoms with Crippen molar-refractivity contribution >= 4 is 0 Å². The van der Waals surface area contributed by atoms with Gasteiger partial charge < -0.3 is 10.8 Å². The predicted molar refractivity (Wildman–Crippen MR) is 119 cm³/mol. The Morgan fingerprint density at radius 1 is 0.704 bits per heavy atom. The largest absolute Gasteiger partial charge is 0.870 e. The highest BCUT2D eigenvalue weighted by Gasteiger charge is 2.33. The van der Waals surface area contributed by atoms with Gasteiger partial charge in [-0.3, -0.25) is 0 Å². The fourth-order valence-corrected chi connectivity index (χ4v) is 4.35. The Balaban J connectivity index is 0.00000676. The summed E-state index contributed by atoms with van der Waals surface area (Å²) in [7, 11) is 0. The number of quaternary nitrogens is 1. The van der Waals surface area contributed by atoms with Crippen LogP contribution < -0.4 is 5.32 Å². The van der Waals surface area contributed by atoms with E-state index in [1.165, 1.54) is 89.2 Å². The normalized spacial score (nSPS) is 11.4. The van der Waals surface area contributed by atoms with Gasteiger partial charge in [-0.1, -0.05) is 103 Å². The maximum Gasteiger partial charge on any atom is 0.121 e. The third-order valence-electron chi connectivity index (χ3n) is 6.29. The van der Waals surface area contributed by atoms with Gasteiger partial charge in [-0.05, 0) is 24.8 Å². The number of hydrogen-bond donors (Lipinski definition) is 1. The van der Waals surface area contributed by atoms with Gasteiger partial charge >= 0.3 is 0 Å². The Morgan fingerprint density at radius 2 is 1.22 bits per heavy atom. The summed E-state index contributed by atoms with van der Waals surface area (Å²) in [6.07, 6.45) is 17.8. The van der Waals surface area contributed by atoms with Crippen molar-refractivity contribution in [1.29, 1.82) is 0 Å². The minimum absolute atomic E-state index is 0. The zero-order chi connectivity index (χ0) is 19.1. The first kappa shape index (κ1) is 26.1. The Morgan fingerprint density at radius 3 is 1.74 bits per heavy atom. The van der Waals surface area contributed by atoms with E-state index in [0.29, 0.717) is 0 Å². The van der Waals surface area contributed by atoms with Crippen LogP contribution in [0, 0.1) is 0 Å². The van der Waals surface area contributed by atoms with E-state index in [1.807, 2.05) is 0 Å². The number of aryl methyl sites for hydroxylation is 1. The van der Waals surface area contributed by atoms with Gasteiger partial charge in [0.2, 0.25) is 0 Å². The van der Waals surface area contributed by atoms with Gasteiger partial charge in [0.05, 0.1) is 6.54 Å². The molecule has 1 aromatic rings. The van der Waals surface area contributed by atoms with Gasteiger partial charge in [0.1, 0.15) is 5.54 Å². The van der Waals surface area contributed by atoms with Crippen molar-refractivity contribution in [3.63, 3.8) is 0 Å². The van der Waals surface area contributed by atoms with Crippen LogP contribution in [0.3, 0.4) is 0 Å². The first-order valence-electron chi connectivity index (χ1n) is 11.7. The second-order valence-electron chi connectivity index (χ2n) is 8.05. The van der Waals surface area contributed by atoms with Crippen molar-refractivity contribution in [2.75, 3.05) is 6.54 Å². The van der Waals surface area contributed by atoms with E-state index in [2.05, 4.69) is 57.3 Å². The Labute approximate surface area is 169 Å². The maximum absolute atomic E-state index is 2.66. The van der Waals surface area contributed by atoms with Crippen LogP contribution in [0.4, 0.5) is 0 Å². The molecular formula is C25H47NO. The number of rotatable bonds is 16. The summed E-state index contributed by atoms with van der Waals surface area (Å²) in [5.41, 5.74) is 3.40. The molecule has 3 N–H and O–H groups in total. The lowest BCUT2D eigenvalue weighted by Crippen LogP contribution is -2.95. The summed E-state index contributed by atoms with van der Waals surface area (Å²) >= 11 is 0. The fraction of sp³-hybridized carbons (Fsp3) is 0.760. The van der Waals surface area contributed by atoms with E-state index in [-0.39, 0.29) is 11.0 Å². The molecule has 0 aliphatic carbocycles. The third kappa shape index (κ3) is 9.25. The molecule has 0 bridgehead atoms. The molecule has 0 unspecified atom stereocenters. The molecule has 0 fully saturated rings. The molecule has 0 heterocycles. The lowest BCUT2D eigenvalue weighted by molar-refractivity contribution is -0.738. The zero-order valence-electron chi connectivity index (χ0n) is 18.7. The Bertz CT molecular complexity index is 453. The van der Waals surface area contributed by atoms with Crippen LogP contribution >= 0.6 is 0 Å². The monoisotopic (exact) mass is 377 g/mol. The van der Waals surface area contributed by atoms with Crippen molar-refractivity contribution in [3.05, 3.63) is 35.4 Å². The van der Waals surface area contributed by atoms with E-state index in [1.54, 1.807) is 5.56 Å². The number of unbranched alkanes of at least 4 members (excludes halogenated alkanes) is 9. The SMILES string of the molecule is CCCCCCCCCCCC[NH2+]C(CC)(CC)c1ccccc1CC.[OH-]. The molecule has 0 amide bonds. The molecule has 0 radical (unpaired) electrons. The van der Waals surface area contributed by atoms with Crippen LogP contribution in [-0.2, 0) is 12.0 Å². The third-order valence-corrected chi connectivity index (χ3v) is 6.29. The molecule has 2 nitrogen and oxygen atoms in total. The van der Waals surface area contributed by atoms with Gasteiger partial charge in [-0.25, -0.2) is 0 Å². The molecule has 0 saturated heterocycles. The first-order valence-corrected chi connectivity index (χ1v) is 11.7. The van der Waals surface area contributed by atoms with Crippen molar-refractivity contribution in [2.45, 2.75) is 117 Å². The average Bonchev–Trinajstić information content (AvgIpc) is 2.69. The van der Waals surface area contributed by atoms with Crippen LogP contribution in [0.15, 0.2) is 24.3 Å². The molecule has 1 rings (SSSR count). The van der Waals surface area contributed by atoms with Crippen molar-refractivity contribution in [1.82, 2.24) is 0 Å². The summed E-state index contributed by atoms with van der Waals surface area (Å²) in [5, 5.41) is 2.66. The van der Waals surface area contributed by atoms with E-state index >= 15 is 0 Å². The van der Waals surface area contributed by atoms with Crippen LogP contribution in [0.2, 0.25) is 0 Å². The van der Waals surface area contributed by atoms with E-state index in [0.717, 1.165) is 6.42 Å². The standard InChI is InChI=1S/C25H45N.H2O/c1-5-9-10-11-12-13-14-15-16-19-22-26-25(7-3,8-4)24-21-18-17-20-23(24)6-2;/h17-18,20-21,26H,5-16,19,22H2,1-4H3;1H2. The molecule has 0 aliphatic rings. The van der Waals surface area contributed by atoms with Crippen LogP contribution in [0.1, 0.15) is 116 Å². The quantitative estimate of drug-likeness (QED) is 0.325. The predicted octanol–water partition coefficient (Wildman–Crippen LogP) is 6.57. The number of nitrogens with two attached hydrogens (primary N) is 1. The lowest BCUT2D eigenvalue weighted by Gasteiger charge is -2.32. The molecule has 0 spiro atoms. The van der Waals surface area contributed by atoms with Crippen LogP contribution in [-0.4, -0.2) is 12.0 Å². The van der Waals surface area contributed by atoms with E-state index < -0.39 is 0 Å². The fourth-order valence-electron chi connectivity index (χ4n) is 4.35. The second-order valence-corrected chi connectivity index (χ2v) is 8.05. The molecule has 27 heavy (non-hydrogen) atoms. The Kier molecular flexibility index (Phi) is 15.6. The smallest absolute Gasteiger partial charge is 0.121 e. The van der Waals surface area contributed by atoms with Crippen molar-refractivity contribution in [3.8, 4) is 0 Å². The number of benzene rings is 1. The van der Waals surface area contributed by atoms with Gasteiger partial charge in [0.15, 0.2) is 0 Å². The Hall–Kier alpha value is -0.860. The first-order chi connectivity index (χ1) is 12.7. The molecule has 2 heteroatoms. The van der Waals surface area contributed by atoms with Crippen LogP contribution in [0.5, 0.6) is 0 Å². The lowest BCUT2D eigenvalue weighted by atomic mass is 9.81. The van der Waals surface area contributed by atoms with Crippen molar-refractivity contribution < 1.29 is 10.8 Å². The van der Waals surface area contributed by atoms with Gasteiger partial charge in [0.25, 0.3) is 0 Å². The minimum Gasteiger partial charge on any atom is -0.870 e. The molecule has 0 aromatic heterocycles. The highest BCUT2D eigenvalue weighted by molar-refractivity contribution is 5.32. The zero-order valence-corrected chi connectivity index (χ0v) is 18.7. The summed E-state index contributed by atoms with van der Waals surface area (Å²) in [4.78, 5) is 0. The molecule has 1 aromatic carbocycles. The van der Waals surface area contributed by atoms with Crippen molar-refractivity contribution in [2.24, 2.45) is 0 Å². The highest BCUT2D eigenvalue weighted by atomic mass is 16.0. The minimum atomic E-state index is 0. The molecule has 158 valence electrons.